The molecule has 5 nitrogen and oxygen atoms in total. The van der Waals surface area contributed by atoms with Gasteiger partial charge < -0.3 is 9.84 Å². The summed E-state index contributed by atoms with van der Waals surface area (Å²) in [5, 5.41) is 8.78. The first kappa shape index (κ1) is 15.8. The van der Waals surface area contributed by atoms with Gasteiger partial charge >= 0.3 is 0 Å². The lowest BCUT2D eigenvalue weighted by atomic mass is 9.94. The maximum atomic E-state index is 12.6. The Kier molecular flexibility index (Phi) is 4.88. The Balaban J connectivity index is 2.39. The average Bonchev–Trinajstić information content (AvgIpc) is 2.42. The summed E-state index contributed by atoms with van der Waals surface area (Å²) in [7, 11) is -0.416. The number of hydrogen-bond acceptors (Lipinski definition) is 4. The standard InChI is InChI=1S/C15H19NO4S/c1-16(13-6-3-7-13)21(18,19)14-8-9-15(20-2)12(11-14)5-4-10-17/h8-9,11,13,17H,3,6-7,10H2,1-2H3. The fourth-order valence-corrected chi connectivity index (χ4v) is 3.64. The van der Waals surface area contributed by atoms with Crippen LogP contribution in [0, 0.1) is 11.8 Å². The van der Waals surface area contributed by atoms with E-state index in [0.717, 1.165) is 19.3 Å². The first-order valence-corrected chi connectivity index (χ1v) is 8.20. The molecule has 1 fully saturated rings. The summed E-state index contributed by atoms with van der Waals surface area (Å²) in [6, 6.07) is 4.69. The minimum Gasteiger partial charge on any atom is -0.495 e. The van der Waals surface area contributed by atoms with E-state index in [1.807, 2.05) is 0 Å². The molecule has 0 amide bonds. The van der Waals surface area contributed by atoms with Gasteiger partial charge in [0.05, 0.1) is 17.6 Å². The van der Waals surface area contributed by atoms with E-state index in [4.69, 9.17) is 9.84 Å². The van der Waals surface area contributed by atoms with E-state index >= 15 is 0 Å². The number of sulfonamides is 1. The van der Waals surface area contributed by atoms with Gasteiger partial charge in [0.2, 0.25) is 10.0 Å². The maximum absolute atomic E-state index is 12.6. The van der Waals surface area contributed by atoms with Gasteiger partial charge in [-0.25, -0.2) is 8.42 Å². The van der Waals surface area contributed by atoms with Gasteiger partial charge in [-0.3, -0.25) is 0 Å². The van der Waals surface area contributed by atoms with E-state index in [9.17, 15) is 8.42 Å². The largest absolute Gasteiger partial charge is 0.495 e. The Morgan fingerprint density at radius 2 is 2.14 bits per heavy atom. The molecule has 114 valence electrons. The van der Waals surface area contributed by atoms with Gasteiger partial charge in [-0.15, -0.1) is 0 Å². The van der Waals surface area contributed by atoms with Crippen molar-refractivity contribution in [1.29, 1.82) is 0 Å². The number of hydrogen-bond donors (Lipinski definition) is 1. The molecule has 0 spiro atoms. The molecule has 0 radical (unpaired) electrons. The van der Waals surface area contributed by atoms with E-state index in [2.05, 4.69) is 11.8 Å². The van der Waals surface area contributed by atoms with Crippen molar-refractivity contribution in [3.63, 3.8) is 0 Å². The first-order chi connectivity index (χ1) is 10.0. The van der Waals surface area contributed by atoms with Gasteiger partial charge in [0.15, 0.2) is 0 Å². The Hall–Kier alpha value is -1.55. The van der Waals surface area contributed by atoms with Gasteiger partial charge in [0.25, 0.3) is 0 Å². The van der Waals surface area contributed by atoms with Crippen molar-refractivity contribution in [1.82, 2.24) is 4.31 Å². The van der Waals surface area contributed by atoms with Crippen LogP contribution in [0.3, 0.4) is 0 Å². The lowest BCUT2D eigenvalue weighted by Crippen LogP contribution is -2.41. The fraction of sp³-hybridized carbons (Fsp3) is 0.467. The van der Waals surface area contributed by atoms with Crippen LogP contribution >= 0.6 is 0 Å². The molecule has 1 N–H and O–H groups in total. The minimum atomic E-state index is -3.52. The van der Waals surface area contributed by atoms with Crippen molar-refractivity contribution >= 4 is 10.0 Å². The van der Waals surface area contributed by atoms with Crippen LogP contribution in [-0.4, -0.2) is 44.6 Å². The second-order valence-electron chi connectivity index (χ2n) is 4.93. The molecule has 6 heteroatoms. The number of aliphatic hydroxyl groups is 1. The topological polar surface area (TPSA) is 66.8 Å². The molecular formula is C15H19NO4S. The van der Waals surface area contributed by atoms with Crippen molar-refractivity contribution in [3.8, 4) is 17.6 Å². The summed E-state index contributed by atoms with van der Waals surface area (Å²) < 4.78 is 31.7. The van der Waals surface area contributed by atoms with Crippen molar-refractivity contribution in [2.24, 2.45) is 0 Å². The predicted molar refractivity (Wildman–Crippen MR) is 79.5 cm³/mol. The number of rotatable bonds is 4. The van der Waals surface area contributed by atoms with Crippen LogP contribution in [0.15, 0.2) is 23.1 Å². The average molecular weight is 309 g/mol. The van der Waals surface area contributed by atoms with Gasteiger partial charge in [0.1, 0.15) is 12.4 Å². The molecule has 0 bridgehead atoms. The highest BCUT2D eigenvalue weighted by Gasteiger charge is 2.32. The second-order valence-corrected chi connectivity index (χ2v) is 6.93. The highest BCUT2D eigenvalue weighted by atomic mass is 32.2. The highest BCUT2D eigenvalue weighted by molar-refractivity contribution is 7.89. The molecule has 1 aliphatic carbocycles. The Labute approximate surface area is 125 Å². The van der Waals surface area contributed by atoms with E-state index in [1.54, 1.807) is 13.1 Å². The SMILES string of the molecule is COc1ccc(S(=O)(=O)N(C)C2CCC2)cc1C#CCO. The molecule has 1 saturated carbocycles. The Morgan fingerprint density at radius 3 is 2.67 bits per heavy atom. The molecule has 21 heavy (non-hydrogen) atoms. The van der Waals surface area contributed by atoms with Gasteiger partial charge in [-0.2, -0.15) is 4.31 Å². The lowest BCUT2D eigenvalue weighted by Gasteiger charge is -2.33. The van der Waals surface area contributed by atoms with E-state index in [0.29, 0.717) is 11.3 Å². The smallest absolute Gasteiger partial charge is 0.243 e. The molecule has 2 rings (SSSR count). The van der Waals surface area contributed by atoms with Crippen LogP contribution in [0.4, 0.5) is 0 Å². The zero-order valence-corrected chi connectivity index (χ0v) is 13.0. The molecule has 0 heterocycles. The van der Waals surface area contributed by atoms with E-state index in [-0.39, 0.29) is 17.5 Å². The summed E-state index contributed by atoms with van der Waals surface area (Å²) >= 11 is 0. The first-order valence-electron chi connectivity index (χ1n) is 6.76. The molecule has 0 atom stereocenters. The summed E-state index contributed by atoms with van der Waals surface area (Å²) in [4.78, 5) is 0.194. The predicted octanol–water partition coefficient (Wildman–Crippen LogP) is 1.21. The molecule has 0 unspecified atom stereocenters. The number of aliphatic hydroxyl groups excluding tert-OH is 1. The third-order valence-electron chi connectivity index (χ3n) is 3.74. The molecule has 1 aliphatic rings. The molecule has 0 aromatic heterocycles. The number of ether oxygens (including phenoxy) is 1. The van der Waals surface area contributed by atoms with Crippen LogP contribution in [-0.2, 0) is 10.0 Å². The molecule has 1 aromatic carbocycles. The summed E-state index contributed by atoms with van der Waals surface area (Å²) in [5.41, 5.74) is 0.453. The maximum Gasteiger partial charge on any atom is 0.243 e. The molecule has 1 aromatic rings. The Morgan fingerprint density at radius 1 is 1.43 bits per heavy atom. The quantitative estimate of drug-likeness (QED) is 0.849. The van der Waals surface area contributed by atoms with Gasteiger partial charge in [-0.1, -0.05) is 18.3 Å². The number of nitrogens with zero attached hydrogens (tertiary/aromatic N) is 1. The third kappa shape index (κ3) is 3.21. The molecule has 0 aliphatic heterocycles. The Bertz CT molecular complexity index is 669. The van der Waals surface area contributed by atoms with E-state index < -0.39 is 10.0 Å². The zero-order valence-electron chi connectivity index (χ0n) is 12.2. The number of benzene rings is 1. The van der Waals surface area contributed by atoms with Crippen LogP contribution < -0.4 is 4.74 Å². The monoisotopic (exact) mass is 309 g/mol. The summed E-state index contributed by atoms with van der Waals surface area (Å²) in [5.74, 6) is 5.71. The van der Waals surface area contributed by atoms with Gasteiger partial charge in [-0.05, 0) is 31.0 Å². The second kappa shape index (κ2) is 6.48. The summed E-state index contributed by atoms with van der Waals surface area (Å²) in [6.07, 6.45) is 2.88. The molecule has 0 saturated heterocycles. The van der Waals surface area contributed by atoms with Crippen molar-refractivity contribution in [3.05, 3.63) is 23.8 Å². The van der Waals surface area contributed by atoms with Crippen molar-refractivity contribution in [2.75, 3.05) is 20.8 Å². The number of methoxy groups -OCH3 is 1. The van der Waals surface area contributed by atoms with Crippen LogP contribution in [0.1, 0.15) is 24.8 Å². The lowest BCUT2D eigenvalue weighted by molar-refractivity contribution is 0.249. The van der Waals surface area contributed by atoms with Crippen LogP contribution in [0.25, 0.3) is 0 Å². The fourth-order valence-electron chi connectivity index (χ4n) is 2.19. The minimum absolute atomic E-state index is 0.0871. The third-order valence-corrected chi connectivity index (χ3v) is 5.65. The summed E-state index contributed by atoms with van der Waals surface area (Å²) in [6.45, 7) is -0.290. The highest BCUT2D eigenvalue weighted by Crippen LogP contribution is 2.30. The van der Waals surface area contributed by atoms with Crippen LogP contribution in [0.5, 0.6) is 5.75 Å². The van der Waals surface area contributed by atoms with E-state index in [1.165, 1.54) is 23.5 Å². The normalized spacial score (nSPS) is 15.2. The van der Waals surface area contributed by atoms with Crippen LogP contribution in [0.2, 0.25) is 0 Å². The van der Waals surface area contributed by atoms with Gasteiger partial charge in [0, 0.05) is 13.1 Å². The van der Waals surface area contributed by atoms with Crippen molar-refractivity contribution in [2.45, 2.75) is 30.2 Å². The van der Waals surface area contributed by atoms with Crippen molar-refractivity contribution < 1.29 is 18.3 Å². The molecular weight excluding hydrogens is 290 g/mol. The zero-order chi connectivity index (χ0) is 15.5.